The zero-order chi connectivity index (χ0) is 35.0. The molecular weight excluding hydrogens is 631 g/mol. The van der Waals surface area contributed by atoms with Crippen molar-refractivity contribution in [3.8, 4) is 44.5 Å². The van der Waals surface area contributed by atoms with Crippen LogP contribution in [0.5, 0.6) is 0 Å². The standard InChI is InChI=1S/C50H37NO/c1-34-31-35(2)33-44(32-34)51(42-27-23-38(24-28-42)36-11-5-3-6-12-36)43-29-25-39(26-30-43)37-19-21-41(22-20-37)46-16-10-18-48-47-17-9-15-45(49(47)52-50(46)48)40-13-7-4-8-14-40/h3-33H,1-2H3. The van der Waals surface area contributed by atoms with E-state index < -0.39 is 0 Å². The van der Waals surface area contributed by atoms with Crippen molar-refractivity contribution >= 4 is 39.0 Å². The summed E-state index contributed by atoms with van der Waals surface area (Å²) in [5.74, 6) is 0. The maximum absolute atomic E-state index is 6.69. The first kappa shape index (κ1) is 31.3. The van der Waals surface area contributed by atoms with Crippen LogP contribution in [0, 0.1) is 13.8 Å². The molecular formula is C50H37NO. The summed E-state index contributed by atoms with van der Waals surface area (Å²) in [6, 6.07) is 67.2. The molecule has 1 aromatic heterocycles. The third-order valence-electron chi connectivity index (χ3n) is 9.96. The fourth-order valence-corrected chi connectivity index (χ4v) is 7.50. The van der Waals surface area contributed by atoms with Crippen LogP contribution in [0.15, 0.2) is 192 Å². The van der Waals surface area contributed by atoms with Gasteiger partial charge in [-0.15, -0.1) is 0 Å². The van der Waals surface area contributed by atoms with Gasteiger partial charge in [0, 0.05) is 39.0 Å². The van der Waals surface area contributed by atoms with Crippen LogP contribution < -0.4 is 4.90 Å². The number of furan rings is 1. The van der Waals surface area contributed by atoms with Crippen molar-refractivity contribution in [1.82, 2.24) is 0 Å². The Balaban J connectivity index is 1.04. The number of hydrogen-bond acceptors (Lipinski definition) is 2. The number of anilines is 3. The van der Waals surface area contributed by atoms with Gasteiger partial charge in [0.25, 0.3) is 0 Å². The number of hydrogen-bond donors (Lipinski definition) is 0. The predicted molar refractivity (Wildman–Crippen MR) is 220 cm³/mol. The van der Waals surface area contributed by atoms with Gasteiger partial charge < -0.3 is 9.32 Å². The van der Waals surface area contributed by atoms with Crippen molar-refractivity contribution in [1.29, 1.82) is 0 Å². The van der Waals surface area contributed by atoms with Crippen molar-refractivity contribution < 1.29 is 4.42 Å². The van der Waals surface area contributed by atoms with Crippen molar-refractivity contribution in [2.75, 3.05) is 4.90 Å². The molecule has 0 spiro atoms. The van der Waals surface area contributed by atoms with E-state index in [1.165, 1.54) is 33.4 Å². The molecule has 9 rings (SSSR count). The van der Waals surface area contributed by atoms with Gasteiger partial charge in [0.2, 0.25) is 0 Å². The molecule has 0 N–H and O–H groups in total. The number of aryl methyl sites for hydroxylation is 2. The summed E-state index contributed by atoms with van der Waals surface area (Å²) in [7, 11) is 0. The third kappa shape index (κ3) is 5.85. The Bertz CT molecular complexity index is 2630. The van der Waals surface area contributed by atoms with Gasteiger partial charge >= 0.3 is 0 Å². The predicted octanol–water partition coefficient (Wildman–Crippen LogP) is 14.3. The first-order valence-corrected chi connectivity index (χ1v) is 17.8. The summed E-state index contributed by atoms with van der Waals surface area (Å²) in [5, 5.41) is 2.27. The summed E-state index contributed by atoms with van der Waals surface area (Å²) in [6.07, 6.45) is 0. The lowest BCUT2D eigenvalue weighted by Crippen LogP contribution is -2.10. The zero-order valence-electron chi connectivity index (χ0n) is 29.3. The van der Waals surface area contributed by atoms with Crippen molar-refractivity contribution in [2.45, 2.75) is 13.8 Å². The van der Waals surface area contributed by atoms with E-state index in [4.69, 9.17) is 4.42 Å². The lowest BCUT2D eigenvalue weighted by molar-refractivity contribution is 0.671. The second kappa shape index (κ2) is 13.2. The molecule has 0 amide bonds. The van der Waals surface area contributed by atoms with E-state index in [2.05, 4.69) is 201 Å². The third-order valence-corrected chi connectivity index (χ3v) is 9.96. The molecule has 0 aliphatic heterocycles. The van der Waals surface area contributed by atoms with Gasteiger partial charge in [0.1, 0.15) is 11.2 Å². The molecule has 0 atom stereocenters. The highest BCUT2D eigenvalue weighted by molar-refractivity contribution is 6.13. The zero-order valence-corrected chi connectivity index (χ0v) is 29.3. The van der Waals surface area contributed by atoms with Crippen molar-refractivity contribution in [3.63, 3.8) is 0 Å². The van der Waals surface area contributed by atoms with Gasteiger partial charge in [-0.25, -0.2) is 0 Å². The number of rotatable bonds is 7. The molecule has 52 heavy (non-hydrogen) atoms. The molecule has 0 bridgehead atoms. The molecule has 8 aromatic carbocycles. The Hall–Kier alpha value is -6.64. The smallest absolute Gasteiger partial charge is 0.143 e. The van der Waals surface area contributed by atoms with Gasteiger partial charge in [-0.1, -0.05) is 152 Å². The minimum Gasteiger partial charge on any atom is -0.455 e. The SMILES string of the molecule is Cc1cc(C)cc(N(c2ccc(-c3ccccc3)cc2)c2ccc(-c3ccc(-c4cccc5c4oc4c(-c6ccccc6)cccc45)cc3)cc2)c1. The maximum Gasteiger partial charge on any atom is 0.143 e. The van der Waals surface area contributed by atoms with Crippen LogP contribution in [0.2, 0.25) is 0 Å². The van der Waals surface area contributed by atoms with Crippen LogP contribution in [-0.4, -0.2) is 0 Å². The van der Waals surface area contributed by atoms with Crippen LogP contribution in [0.1, 0.15) is 11.1 Å². The molecule has 248 valence electrons. The molecule has 1 heterocycles. The summed E-state index contributed by atoms with van der Waals surface area (Å²) >= 11 is 0. The molecule has 0 aliphatic rings. The normalized spacial score (nSPS) is 11.3. The summed E-state index contributed by atoms with van der Waals surface area (Å²) < 4.78 is 6.69. The van der Waals surface area contributed by atoms with E-state index >= 15 is 0 Å². The van der Waals surface area contributed by atoms with E-state index in [0.29, 0.717) is 0 Å². The minimum absolute atomic E-state index is 0.918. The van der Waals surface area contributed by atoms with Crippen LogP contribution in [0.4, 0.5) is 17.1 Å². The quantitative estimate of drug-likeness (QED) is 0.168. The number of para-hydroxylation sites is 2. The monoisotopic (exact) mass is 667 g/mol. The van der Waals surface area contributed by atoms with E-state index in [9.17, 15) is 0 Å². The van der Waals surface area contributed by atoms with Gasteiger partial charge in [-0.05, 0) is 94.8 Å². The number of benzene rings is 8. The van der Waals surface area contributed by atoms with Gasteiger partial charge in [0.15, 0.2) is 0 Å². The average molecular weight is 668 g/mol. The first-order chi connectivity index (χ1) is 25.6. The highest BCUT2D eigenvalue weighted by Gasteiger charge is 2.17. The average Bonchev–Trinajstić information content (AvgIpc) is 3.58. The lowest BCUT2D eigenvalue weighted by atomic mass is 9.98. The summed E-state index contributed by atoms with van der Waals surface area (Å²) in [5.41, 5.74) is 17.0. The summed E-state index contributed by atoms with van der Waals surface area (Å²) in [4.78, 5) is 2.35. The molecule has 9 aromatic rings. The van der Waals surface area contributed by atoms with Gasteiger partial charge in [-0.3, -0.25) is 0 Å². The molecule has 0 unspecified atom stereocenters. The Kier molecular flexibility index (Phi) is 7.98. The van der Waals surface area contributed by atoms with E-state index in [1.54, 1.807) is 0 Å². The van der Waals surface area contributed by atoms with Crippen LogP contribution >= 0.6 is 0 Å². The molecule has 0 radical (unpaired) electrons. The Labute approximate surface area is 304 Å². The van der Waals surface area contributed by atoms with Gasteiger partial charge in [-0.2, -0.15) is 0 Å². The Morgan fingerprint density at radius 2 is 0.712 bits per heavy atom. The topological polar surface area (TPSA) is 16.4 Å². The second-order valence-corrected chi connectivity index (χ2v) is 13.6. The molecule has 0 fully saturated rings. The fraction of sp³-hybridized carbons (Fsp3) is 0.0400. The first-order valence-electron chi connectivity index (χ1n) is 17.8. The maximum atomic E-state index is 6.69. The molecule has 2 heteroatoms. The molecule has 0 saturated carbocycles. The number of nitrogens with zero attached hydrogens (tertiary/aromatic N) is 1. The van der Waals surface area contributed by atoms with Crippen LogP contribution in [-0.2, 0) is 0 Å². The number of fused-ring (bicyclic) bond motifs is 3. The molecule has 0 aliphatic carbocycles. The van der Waals surface area contributed by atoms with Crippen LogP contribution in [0.25, 0.3) is 66.4 Å². The minimum atomic E-state index is 0.918. The summed E-state index contributed by atoms with van der Waals surface area (Å²) in [6.45, 7) is 4.33. The largest absolute Gasteiger partial charge is 0.455 e. The van der Waals surface area contributed by atoms with E-state index in [0.717, 1.165) is 61.3 Å². The van der Waals surface area contributed by atoms with Crippen molar-refractivity contribution in [3.05, 3.63) is 199 Å². The van der Waals surface area contributed by atoms with Crippen LogP contribution in [0.3, 0.4) is 0 Å². The Morgan fingerprint density at radius 1 is 0.327 bits per heavy atom. The van der Waals surface area contributed by atoms with E-state index in [-0.39, 0.29) is 0 Å². The van der Waals surface area contributed by atoms with E-state index in [1.807, 2.05) is 6.07 Å². The Morgan fingerprint density at radius 3 is 1.19 bits per heavy atom. The second-order valence-electron chi connectivity index (χ2n) is 13.6. The highest BCUT2D eigenvalue weighted by atomic mass is 16.3. The van der Waals surface area contributed by atoms with Gasteiger partial charge in [0.05, 0.1) is 0 Å². The fourth-order valence-electron chi connectivity index (χ4n) is 7.50. The lowest BCUT2D eigenvalue weighted by Gasteiger charge is -2.26. The highest BCUT2D eigenvalue weighted by Crippen LogP contribution is 2.41. The molecule has 2 nitrogen and oxygen atoms in total. The molecule has 0 saturated heterocycles. The van der Waals surface area contributed by atoms with Crippen molar-refractivity contribution in [2.24, 2.45) is 0 Å².